The minimum atomic E-state index is -0.486. The van der Waals surface area contributed by atoms with Gasteiger partial charge in [0.1, 0.15) is 0 Å². The minimum absolute atomic E-state index is 0.0512. The summed E-state index contributed by atoms with van der Waals surface area (Å²) in [6, 6.07) is 6.69. The van der Waals surface area contributed by atoms with Crippen molar-refractivity contribution in [3.8, 4) is 6.07 Å². The number of carbonyl (C=O) groups is 1. The van der Waals surface area contributed by atoms with Gasteiger partial charge in [-0.2, -0.15) is 5.26 Å². The highest BCUT2D eigenvalue weighted by atomic mass is 16.6. The Morgan fingerprint density at radius 2 is 2.30 bits per heavy atom. The highest BCUT2D eigenvalue weighted by Gasteiger charge is 2.27. The van der Waals surface area contributed by atoms with E-state index < -0.39 is 4.92 Å². The van der Waals surface area contributed by atoms with E-state index in [0.717, 1.165) is 12.8 Å². The summed E-state index contributed by atoms with van der Waals surface area (Å²) in [7, 11) is 0. The second-order valence-corrected chi connectivity index (χ2v) is 4.93. The molecule has 20 heavy (non-hydrogen) atoms. The van der Waals surface area contributed by atoms with Crippen molar-refractivity contribution in [2.75, 3.05) is 13.1 Å². The van der Waals surface area contributed by atoms with Crippen LogP contribution in [0.25, 0.3) is 0 Å². The topological polar surface area (TPSA) is 87.2 Å². The molecule has 0 aromatic heterocycles. The molecule has 0 radical (unpaired) electrons. The summed E-state index contributed by atoms with van der Waals surface area (Å²) in [5.41, 5.74) is 0.670. The number of amides is 1. The highest BCUT2D eigenvalue weighted by Crippen LogP contribution is 2.24. The third-order valence-electron chi connectivity index (χ3n) is 3.62. The number of benzene rings is 1. The fourth-order valence-electron chi connectivity index (χ4n) is 2.49. The molecule has 1 aromatic rings. The fourth-order valence-corrected chi connectivity index (χ4v) is 2.49. The molecule has 2 rings (SSSR count). The van der Waals surface area contributed by atoms with Crippen LogP contribution in [0.1, 0.15) is 28.8 Å². The first-order valence-corrected chi connectivity index (χ1v) is 6.47. The Bertz CT molecular complexity index is 592. The van der Waals surface area contributed by atoms with Crippen LogP contribution >= 0.6 is 0 Å². The minimum Gasteiger partial charge on any atom is -0.337 e. The predicted octanol–water partition coefficient (Wildman–Crippen LogP) is 2.28. The zero-order valence-corrected chi connectivity index (χ0v) is 11.2. The van der Waals surface area contributed by atoms with Crippen molar-refractivity contribution in [2.45, 2.75) is 19.8 Å². The lowest BCUT2D eigenvalue weighted by Gasteiger charge is -2.30. The number of rotatable bonds is 2. The normalized spacial score (nSPS) is 18.4. The molecule has 0 saturated carbocycles. The number of nitriles is 1. The molecule has 1 saturated heterocycles. The molecule has 1 unspecified atom stereocenters. The number of nitro groups is 1. The van der Waals surface area contributed by atoms with Gasteiger partial charge in [-0.3, -0.25) is 14.9 Å². The standard InChI is InChI=1S/C14H15N3O3/c1-10-12(5-2-6-13(10)17(19)20)14(18)16-7-3-4-11(8-15)9-16/h2,5-6,11H,3-4,7,9H2,1H3. The SMILES string of the molecule is Cc1c(C(=O)N2CCCC(C#N)C2)cccc1[N+](=O)[O-]. The van der Waals surface area contributed by atoms with E-state index in [-0.39, 0.29) is 17.5 Å². The Labute approximate surface area is 116 Å². The summed E-state index contributed by atoms with van der Waals surface area (Å²) in [5.74, 6) is -0.377. The second kappa shape index (κ2) is 5.70. The molecule has 104 valence electrons. The first-order valence-electron chi connectivity index (χ1n) is 6.47. The molecule has 0 N–H and O–H groups in total. The average Bonchev–Trinajstić information content (AvgIpc) is 2.46. The van der Waals surface area contributed by atoms with Gasteiger partial charge in [0.2, 0.25) is 0 Å². The van der Waals surface area contributed by atoms with E-state index in [0.29, 0.717) is 24.2 Å². The molecule has 0 bridgehead atoms. The lowest BCUT2D eigenvalue weighted by Crippen LogP contribution is -2.39. The van der Waals surface area contributed by atoms with Gasteiger partial charge in [-0.1, -0.05) is 6.07 Å². The summed E-state index contributed by atoms with van der Waals surface area (Å²) in [4.78, 5) is 24.5. The number of carbonyl (C=O) groups excluding carboxylic acids is 1. The molecule has 0 aliphatic carbocycles. The van der Waals surface area contributed by atoms with Crippen molar-refractivity contribution in [2.24, 2.45) is 5.92 Å². The zero-order valence-electron chi connectivity index (χ0n) is 11.2. The van der Waals surface area contributed by atoms with Gasteiger partial charge in [0, 0.05) is 30.3 Å². The van der Waals surface area contributed by atoms with Crippen LogP contribution in [0.15, 0.2) is 18.2 Å². The van der Waals surface area contributed by atoms with Gasteiger partial charge in [0.25, 0.3) is 11.6 Å². The first kappa shape index (κ1) is 14.0. The number of hydrogen-bond donors (Lipinski definition) is 0. The molecule has 1 aliphatic rings. The van der Waals surface area contributed by atoms with Gasteiger partial charge in [-0.25, -0.2) is 0 Å². The average molecular weight is 273 g/mol. The van der Waals surface area contributed by atoms with E-state index in [9.17, 15) is 14.9 Å². The summed E-state index contributed by atoms with van der Waals surface area (Å²) in [5, 5.41) is 19.9. The van der Waals surface area contributed by atoms with Crippen LogP contribution < -0.4 is 0 Å². The Morgan fingerprint density at radius 1 is 1.55 bits per heavy atom. The van der Waals surface area contributed by atoms with E-state index in [4.69, 9.17) is 5.26 Å². The van der Waals surface area contributed by atoms with Gasteiger partial charge in [0.15, 0.2) is 0 Å². The molecular weight excluding hydrogens is 258 g/mol. The van der Waals surface area contributed by atoms with Crippen molar-refractivity contribution < 1.29 is 9.72 Å². The van der Waals surface area contributed by atoms with Crippen LogP contribution in [0.4, 0.5) is 5.69 Å². The van der Waals surface area contributed by atoms with Crippen molar-refractivity contribution in [1.82, 2.24) is 4.90 Å². The number of nitrogens with zero attached hydrogens (tertiary/aromatic N) is 3. The molecule has 1 aromatic carbocycles. The van der Waals surface area contributed by atoms with Gasteiger partial charge in [-0.15, -0.1) is 0 Å². The zero-order chi connectivity index (χ0) is 14.7. The van der Waals surface area contributed by atoms with Crippen LogP contribution in [0.2, 0.25) is 0 Å². The monoisotopic (exact) mass is 273 g/mol. The molecule has 6 heteroatoms. The Hall–Kier alpha value is -2.42. The molecule has 0 spiro atoms. The van der Waals surface area contributed by atoms with Crippen LogP contribution in [-0.2, 0) is 0 Å². The first-order chi connectivity index (χ1) is 9.54. The van der Waals surface area contributed by atoms with Crippen molar-refractivity contribution in [1.29, 1.82) is 5.26 Å². The third-order valence-corrected chi connectivity index (χ3v) is 3.62. The Balaban J connectivity index is 2.28. The van der Waals surface area contributed by atoms with Crippen LogP contribution in [0.5, 0.6) is 0 Å². The van der Waals surface area contributed by atoms with Gasteiger partial charge >= 0.3 is 0 Å². The predicted molar refractivity (Wildman–Crippen MR) is 72.1 cm³/mol. The highest BCUT2D eigenvalue weighted by molar-refractivity contribution is 5.96. The number of likely N-dealkylation sites (tertiary alicyclic amines) is 1. The summed E-state index contributed by atoms with van der Waals surface area (Å²) >= 11 is 0. The summed E-state index contributed by atoms with van der Waals surface area (Å²) < 4.78 is 0. The molecular formula is C14H15N3O3. The maximum Gasteiger partial charge on any atom is 0.273 e. The Morgan fingerprint density at radius 3 is 2.95 bits per heavy atom. The van der Waals surface area contributed by atoms with Crippen LogP contribution in [0.3, 0.4) is 0 Å². The molecule has 1 heterocycles. The van der Waals surface area contributed by atoms with E-state index in [1.807, 2.05) is 0 Å². The van der Waals surface area contributed by atoms with Crippen LogP contribution in [0, 0.1) is 34.3 Å². The fraction of sp³-hybridized carbons (Fsp3) is 0.429. The van der Waals surface area contributed by atoms with E-state index in [1.165, 1.54) is 12.1 Å². The van der Waals surface area contributed by atoms with Crippen LogP contribution in [-0.4, -0.2) is 28.8 Å². The summed E-state index contributed by atoms with van der Waals surface area (Å²) in [6.07, 6.45) is 1.59. The van der Waals surface area contributed by atoms with Gasteiger partial charge < -0.3 is 4.90 Å². The summed E-state index contributed by atoms with van der Waals surface area (Å²) in [6.45, 7) is 2.58. The van der Waals surface area contributed by atoms with Gasteiger partial charge in [0.05, 0.1) is 16.9 Å². The lowest BCUT2D eigenvalue weighted by molar-refractivity contribution is -0.385. The number of hydrogen-bond acceptors (Lipinski definition) is 4. The third kappa shape index (κ3) is 2.62. The molecule has 1 aliphatic heterocycles. The lowest BCUT2D eigenvalue weighted by atomic mass is 9.98. The van der Waals surface area contributed by atoms with Crippen molar-refractivity contribution in [3.63, 3.8) is 0 Å². The number of nitro benzene ring substituents is 1. The van der Waals surface area contributed by atoms with E-state index >= 15 is 0 Å². The van der Waals surface area contributed by atoms with E-state index in [2.05, 4.69) is 6.07 Å². The van der Waals surface area contributed by atoms with Crippen molar-refractivity contribution in [3.05, 3.63) is 39.4 Å². The quantitative estimate of drug-likeness (QED) is 0.611. The molecule has 6 nitrogen and oxygen atoms in total. The van der Waals surface area contributed by atoms with E-state index in [1.54, 1.807) is 17.9 Å². The number of piperidine rings is 1. The molecule has 1 amide bonds. The maximum absolute atomic E-state index is 12.5. The molecule has 1 atom stereocenters. The Kier molecular flexibility index (Phi) is 3.99. The van der Waals surface area contributed by atoms with Crippen molar-refractivity contribution >= 4 is 11.6 Å². The molecule has 1 fully saturated rings. The largest absolute Gasteiger partial charge is 0.337 e. The second-order valence-electron chi connectivity index (χ2n) is 4.93. The maximum atomic E-state index is 12.5. The van der Waals surface area contributed by atoms with Gasteiger partial charge in [-0.05, 0) is 25.8 Å². The smallest absolute Gasteiger partial charge is 0.273 e.